The number of rotatable bonds is 6. The molecule has 0 atom stereocenters. The molecule has 25 heavy (non-hydrogen) atoms. The van der Waals surface area contributed by atoms with Crippen molar-refractivity contribution in [2.75, 3.05) is 7.11 Å². The minimum Gasteiger partial charge on any atom is -0.465 e. The first-order chi connectivity index (χ1) is 12.1. The monoisotopic (exact) mass is 400 g/mol. The number of halogens is 1. The van der Waals surface area contributed by atoms with Crippen molar-refractivity contribution >= 4 is 27.4 Å². The minimum absolute atomic E-state index is 0.329. The summed E-state index contributed by atoms with van der Waals surface area (Å²) in [6, 6.07) is 11.9. The van der Waals surface area contributed by atoms with Crippen molar-refractivity contribution in [3.8, 4) is 0 Å². The Morgan fingerprint density at radius 2 is 2.00 bits per heavy atom. The molecule has 130 valence electrons. The Labute approximate surface area is 155 Å². The summed E-state index contributed by atoms with van der Waals surface area (Å²) in [6.45, 7) is 2.17. The molecule has 0 aliphatic rings. The van der Waals surface area contributed by atoms with Crippen molar-refractivity contribution < 1.29 is 9.53 Å². The third-order valence-electron chi connectivity index (χ3n) is 4.30. The van der Waals surface area contributed by atoms with Gasteiger partial charge in [-0.25, -0.2) is 9.31 Å². The molecule has 2 heterocycles. The predicted octanol–water partition coefficient (Wildman–Crippen LogP) is 4.82. The Kier molecular flexibility index (Phi) is 5.53. The van der Waals surface area contributed by atoms with Gasteiger partial charge in [0.05, 0.1) is 23.9 Å². The number of aryl methyl sites for hydroxylation is 1. The van der Waals surface area contributed by atoms with Gasteiger partial charge in [-0.1, -0.05) is 41.4 Å². The quantitative estimate of drug-likeness (QED) is 0.557. The van der Waals surface area contributed by atoms with Gasteiger partial charge in [-0.15, -0.1) is 0 Å². The first-order valence-corrected chi connectivity index (χ1v) is 9.25. The second-order valence-electron chi connectivity index (χ2n) is 6.04. The molecule has 0 saturated carbocycles. The van der Waals surface area contributed by atoms with Gasteiger partial charge in [0.2, 0.25) is 0 Å². The van der Waals surface area contributed by atoms with Gasteiger partial charge >= 0.3 is 5.97 Å². The van der Waals surface area contributed by atoms with Crippen molar-refractivity contribution in [1.29, 1.82) is 0 Å². The minimum atomic E-state index is -0.329. The Balaban J connectivity index is 2.13. The maximum absolute atomic E-state index is 12.2. The van der Waals surface area contributed by atoms with E-state index in [4.69, 9.17) is 9.84 Å². The smallest absolute Gasteiger partial charge is 0.340 e. The number of nitrogens with zero attached hydrogens (tertiary/aromatic N) is 2. The number of carbonyl (C=O) groups excluding carboxylic acids is 1. The number of carbonyl (C=O) groups is 1. The molecule has 0 aliphatic carbocycles. The van der Waals surface area contributed by atoms with Crippen molar-refractivity contribution in [3.63, 3.8) is 0 Å². The van der Waals surface area contributed by atoms with E-state index in [9.17, 15) is 4.79 Å². The van der Waals surface area contributed by atoms with E-state index >= 15 is 0 Å². The summed E-state index contributed by atoms with van der Waals surface area (Å²) in [6.07, 6.45) is 5.72. The van der Waals surface area contributed by atoms with Crippen LogP contribution < -0.4 is 0 Å². The molecule has 3 rings (SSSR count). The zero-order valence-corrected chi connectivity index (χ0v) is 16.0. The molecule has 3 aromatic rings. The van der Waals surface area contributed by atoms with Crippen LogP contribution in [0.3, 0.4) is 0 Å². The number of ether oxygens (including phenoxy) is 1. The number of esters is 1. The lowest BCUT2D eigenvalue weighted by Crippen LogP contribution is -2.05. The topological polar surface area (TPSA) is 43.6 Å². The van der Waals surface area contributed by atoms with Crippen LogP contribution in [0.1, 0.15) is 46.9 Å². The third-order valence-corrected chi connectivity index (χ3v) is 4.83. The van der Waals surface area contributed by atoms with Gasteiger partial charge in [-0.05, 0) is 42.7 Å². The molecular weight excluding hydrogens is 380 g/mol. The largest absolute Gasteiger partial charge is 0.465 e. The van der Waals surface area contributed by atoms with Gasteiger partial charge in [-0.2, -0.15) is 5.10 Å². The summed E-state index contributed by atoms with van der Waals surface area (Å²) in [5.41, 5.74) is 4.77. The normalized spacial score (nSPS) is 11.0. The fraction of sp³-hybridized carbons (Fsp3) is 0.300. The molecular formula is C20H21BrN2O2. The fourth-order valence-electron chi connectivity index (χ4n) is 3.02. The van der Waals surface area contributed by atoms with Crippen LogP contribution in [0.4, 0.5) is 0 Å². The lowest BCUT2D eigenvalue weighted by Gasteiger charge is -2.07. The van der Waals surface area contributed by atoms with E-state index in [-0.39, 0.29) is 5.97 Å². The van der Waals surface area contributed by atoms with E-state index in [1.54, 1.807) is 6.07 Å². The molecule has 5 heteroatoms. The van der Waals surface area contributed by atoms with Crippen LogP contribution in [0.2, 0.25) is 0 Å². The van der Waals surface area contributed by atoms with E-state index in [1.165, 1.54) is 12.7 Å². The number of methoxy groups -OCH3 is 1. The highest BCUT2D eigenvalue weighted by Gasteiger charge is 2.19. The van der Waals surface area contributed by atoms with Crippen LogP contribution in [0.25, 0.3) is 5.52 Å². The Hall–Kier alpha value is -2.14. The van der Waals surface area contributed by atoms with Crippen LogP contribution in [0.5, 0.6) is 0 Å². The van der Waals surface area contributed by atoms with Gasteiger partial charge in [-0.3, -0.25) is 0 Å². The van der Waals surface area contributed by atoms with Gasteiger partial charge in [0.1, 0.15) is 0 Å². The molecule has 1 aromatic carbocycles. The van der Waals surface area contributed by atoms with Gasteiger partial charge in [0.25, 0.3) is 0 Å². The standard InChI is InChI=1S/C20H21BrN2O2/c1-3-4-7-18-17(13-14-8-10-15(21)11-9-14)19-16(20(24)25-2)6-5-12-23(19)22-18/h5-6,8-12H,3-4,7,13H2,1-2H3. The van der Waals surface area contributed by atoms with Crippen molar-refractivity contribution in [3.05, 3.63) is 69.5 Å². The van der Waals surface area contributed by atoms with Crippen LogP contribution in [0, 0.1) is 0 Å². The number of benzene rings is 1. The van der Waals surface area contributed by atoms with Crippen LogP contribution >= 0.6 is 15.9 Å². The Bertz CT molecular complexity index is 885. The van der Waals surface area contributed by atoms with E-state index in [2.05, 4.69) is 35.0 Å². The zero-order valence-electron chi connectivity index (χ0n) is 14.5. The molecule has 0 aliphatic heterocycles. The summed E-state index contributed by atoms with van der Waals surface area (Å²) in [7, 11) is 1.41. The van der Waals surface area contributed by atoms with E-state index in [0.29, 0.717) is 5.56 Å². The maximum Gasteiger partial charge on any atom is 0.340 e. The number of hydrogen-bond donors (Lipinski definition) is 0. The van der Waals surface area contributed by atoms with Gasteiger partial charge in [0, 0.05) is 22.7 Å². The molecule has 0 amide bonds. The molecule has 4 nitrogen and oxygen atoms in total. The summed E-state index contributed by atoms with van der Waals surface area (Å²) in [5.74, 6) is -0.329. The van der Waals surface area contributed by atoms with Crippen molar-refractivity contribution in [2.24, 2.45) is 0 Å². The summed E-state index contributed by atoms with van der Waals surface area (Å²) in [5, 5.41) is 4.74. The summed E-state index contributed by atoms with van der Waals surface area (Å²) in [4.78, 5) is 12.2. The number of unbranched alkanes of at least 4 members (excludes halogenated alkanes) is 1. The molecule has 0 bridgehead atoms. The predicted molar refractivity (Wildman–Crippen MR) is 102 cm³/mol. The Morgan fingerprint density at radius 3 is 2.68 bits per heavy atom. The first-order valence-electron chi connectivity index (χ1n) is 8.46. The number of fused-ring (bicyclic) bond motifs is 1. The molecule has 0 fully saturated rings. The second-order valence-corrected chi connectivity index (χ2v) is 6.95. The fourth-order valence-corrected chi connectivity index (χ4v) is 3.29. The van der Waals surface area contributed by atoms with E-state index < -0.39 is 0 Å². The van der Waals surface area contributed by atoms with Crippen molar-refractivity contribution in [2.45, 2.75) is 32.6 Å². The van der Waals surface area contributed by atoms with Crippen LogP contribution in [0.15, 0.2) is 47.1 Å². The summed E-state index contributed by atoms with van der Waals surface area (Å²) >= 11 is 3.47. The van der Waals surface area contributed by atoms with Gasteiger partial charge in [0.15, 0.2) is 0 Å². The Morgan fingerprint density at radius 1 is 1.24 bits per heavy atom. The molecule has 0 saturated heterocycles. The van der Waals surface area contributed by atoms with Crippen LogP contribution in [-0.2, 0) is 17.6 Å². The highest BCUT2D eigenvalue weighted by atomic mass is 79.9. The average molecular weight is 401 g/mol. The second kappa shape index (κ2) is 7.83. The lowest BCUT2D eigenvalue weighted by molar-refractivity contribution is 0.0602. The number of hydrogen-bond acceptors (Lipinski definition) is 3. The molecule has 0 N–H and O–H groups in total. The summed E-state index contributed by atoms with van der Waals surface area (Å²) < 4.78 is 7.83. The maximum atomic E-state index is 12.2. The number of pyridine rings is 1. The van der Waals surface area contributed by atoms with Crippen molar-refractivity contribution in [1.82, 2.24) is 9.61 Å². The molecule has 0 radical (unpaired) electrons. The van der Waals surface area contributed by atoms with Crippen LogP contribution in [-0.4, -0.2) is 22.7 Å². The first kappa shape index (κ1) is 17.7. The zero-order chi connectivity index (χ0) is 17.8. The molecule has 0 spiro atoms. The highest BCUT2D eigenvalue weighted by molar-refractivity contribution is 9.10. The van der Waals surface area contributed by atoms with E-state index in [1.807, 2.05) is 28.9 Å². The van der Waals surface area contributed by atoms with E-state index in [0.717, 1.165) is 46.9 Å². The number of aromatic nitrogens is 2. The highest BCUT2D eigenvalue weighted by Crippen LogP contribution is 2.25. The van der Waals surface area contributed by atoms with Gasteiger partial charge < -0.3 is 4.74 Å². The third kappa shape index (κ3) is 3.76. The molecule has 2 aromatic heterocycles. The average Bonchev–Trinajstić information content (AvgIpc) is 2.98. The lowest BCUT2D eigenvalue weighted by atomic mass is 9.99. The SMILES string of the molecule is CCCCc1nn2cccc(C(=O)OC)c2c1Cc1ccc(Br)cc1. The molecule has 0 unspecified atom stereocenters.